The van der Waals surface area contributed by atoms with E-state index in [1.165, 1.54) is 4.88 Å². The third kappa shape index (κ3) is 6.64. The number of carbonyl (C=O) groups excluding carboxylic acids is 1. The molecule has 200 valence electrons. The zero-order valence-electron chi connectivity index (χ0n) is 21.5. The van der Waals surface area contributed by atoms with Gasteiger partial charge in [-0.2, -0.15) is 0 Å². The van der Waals surface area contributed by atoms with Crippen LogP contribution in [0.3, 0.4) is 0 Å². The number of amides is 1. The van der Waals surface area contributed by atoms with Crippen LogP contribution in [-0.2, 0) is 26.0 Å². The quantitative estimate of drug-likeness (QED) is 0.203. The normalized spacial score (nSPS) is 12.8. The zero-order chi connectivity index (χ0) is 27.2. The molecule has 0 spiro atoms. The van der Waals surface area contributed by atoms with Crippen LogP contribution in [0, 0.1) is 0 Å². The summed E-state index contributed by atoms with van der Waals surface area (Å²) in [5.74, 6) is 1.09. The van der Waals surface area contributed by atoms with Gasteiger partial charge in [0.1, 0.15) is 11.6 Å². The molecule has 0 aliphatic heterocycles. The number of thiophene rings is 1. The highest BCUT2D eigenvalue weighted by Gasteiger charge is 2.25. The first-order chi connectivity index (χ1) is 19.0. The number of halogens is 2. The number of aliphatic imine (C=N–C) groups is 1. The molecule has 0 radical (unpaired) electrons. The zero-order valence-corrected chi connectivity index (χ0v) is 23.8. The number of aryl methyl sites for hydroxylation is 1. The van der Waals surface area contributed by atoms with E-state index in [0.29, 0.717) is 33.7 Å². The van der Waals surface area contributed by atoms with E-state index in [-0.39, 0.29) is 12.5 Å². The van der Waals surface area contributed by atoms with E-state index >= 15 is 0 Å². The fourth-order valence-electron chi connectivity index (χ4n) is 4.55. The van der Waals surface area contributed by atoms with Crippen LogP contribution in [0.1, 0.15) is 50.3 Å². The van der Waals surface area contributed by atoms with Crippen molar-refractivity contribution in [3.63, 3.8) is 0 Å². The van der Waals surface area contributed by atoms with Crippen LogP contribution in [0.25, 0.3) is 0 Å². The molecule has 0 fully saturated rings. The van der Waals surface area contributed by atoms with E-state index in [1.54, 1.807) is 36.8 Å². The minimum absolute atomic E-state index is 0.0763. The minimum atomic E-state index is -0.0763. The Kier molecular flexibility index (Phi) is 8.87. The molecule has 1 heterocycles. The SMILES string of the molecule is COc1cc(C=Nc2sc3c(c2C(=O)NCc2ccccc2)CCCC3)ccc1OCc1ccc(Cl)cc1Cl. The van der Waals surface area contributed by atoms with Crippen molar-refractivity contribution < 1.29 is 14.3 Å². The highest BCUT2D eigenvalue weighted by atomic mass is 35.5. The maximum Gasteiger partial charge on any atom is 0.254 e. The molecule has 0 unspecified atom stereocenters. The van der Waals surface area contributed by atoms with Crippen LogP contribution >= 0.6 is 34.5 Å². The largest absolute Gasteiger partial charge is 0.493 e. The number of benzene rings is 3. The van der Waals surface area contributed by atoms with Crippen molar-refractivity contribution in [1.82, 2.24) is 5.32 Å². The van der Waals surface area contributed by atoms with Gasteiger partial charge >= 0.3 is 0 Å². The van der Waals surface area contributed by atoms with Crippen molar-refractivity contribution in [2.45, 2.75) is 38.8 Å². The molecule has 1 N–H and O–H groups in total. The van der Waals surface area contributed by atoms with Crippen LogP contribution in [0.2, 0.25) is 10.0 Å². The lowest BCUT2D eigenvalue weighted by Gasteiger charge is -2.13. The van der Waals surface area contributed by atoms with Crippen LogP contribution in [-0.4, -0.2) is 19.2 Å². The third-order valence-corrected chi connectivity index (χ3v) is 8.38. The van der Waals surface area contributed by atoms with Gasteiger partial charge < -0.3 is 14.8 Å². The third-order valence-electron chi connectivity index (χ3n) is 6.59. The Hall–Kier alpha value is -3.32. The number of carbonyl (C=O) groups is 1. The molecule has 8 heteroatoms. The van der Waals surface area contributed by atoms with Gasteiger partial charge in [0.25, 0.3) is 5.91 Å². The lowest BCUT2D eigenvalue weighted by Crippen LogP contribution is -2.24. The Bertz CT molecular complexity index is 1500. The molecule has 39 heavy (non-hydrogen) atoms. The number of hydrogen-bond donors (Lipinski definition) is 1. The fourth-order valence-corrected chi connectivity index (χ4v) is 6.25. The molecule has 5 nitrogen and oxygen atoms in total. The number of rotatable bonds is 9. The maximum atomic E-state index is 13.3. The number of nitrogens with zero attached hydrogens (tertiary/aromatic N) is 1. The number of nitrogens with one attached hydrogen (secondary N) is 1. The molecule has 1 aromatic heterocycles. The molecule has 3 aromatic carbocycles. The highest BCUT2D eigenvalue weighted by molar-refractivity contribution is 7.16. The average Bonchev–Trinajstić information content (AvgIpc) is 3.33. The van der Waals surface area contributed by atoms with E-state index in [4.69, 9.17) is 37.7 Å². The van der Waals surface area contributed by atoms with Crippen LogP contribution in [0.15, 0.2) is 71.7 Å². The molecular weight excluding hydrogens is 551 g/mol. The van der Waals surface area contributed by atoms with Gasteiger partial charge in [0.05, 0.1) is 12.7 Å². The molecule has 1 aliphatic rings. The van der Waals surface area contributed by atoms with Gasteiger partial charge in [-0.05, 0) is 72.7 Å². The van der Waals surface area contributed by atoms with Crippen LogP contribution in [0.5, 0.6) is 11.5 Å². The maximum absolute atomic E-state index is 13.3. The summed E-state index contributed by atoms with van der Waals surface area (Å²) in [6.07, 6.45) is 5.90. The van der Waals surface area contributed by atoms with Crippen molar-refractivity contribution in [2.24, 2.45) is 4.99 Å². The standard InChI is InChI=1S/C31H28Cl2N2O3S/c1-37-27-15-21(11-14-26(27)38-19-22-12-13-23(32)16-25(22)33)18-35-31-29(24-9-5-6-10-28(24)39-31)30(36)34-17-20-7-3-2-4-8-20/h2-4,7-8,11-16,18H,5-6,9-10,17,19H2,1H3,(H,34,36). The van der Waals surface area contributed by atoms with Crippen molar-refractivity contribution in [3.05, 3.63) is 109 Å². The molecule has 4 aromatic rings. The van der Waals surface area contributed by atoms with Crippen molar-refractivity contribution in [3.8, 4) is 11.5 Å². The van der Waals surface area contributed by atoms with Crippen molar-refractivity contribution in [2.75, 3.05) is 7.11 Å². The van der Waals surface area contributed by atoms with E-state index in [2.05, 4.69) is 5.32 Å². The van der Waals surface area contributed by atoms with Crippen LogP contribution in [0.4, 0.5) is 5.00 Å². The Labute approximate surface area is 242 Å². The molecule has 5 rings (SSSR count). The molecular formula is C31H28Cl2N2O3S. The van der Waals surface area contributed by atoms with Gasteiger partial charge in [-0.3, -0.25) is 4.79 Å². The summed E-state index contributed by atoms with van der Waals surface area (Å²) >= 11 is 13.9. The molecule has 0 saturated heterocycles. The summed E-state index contributed by atoms with van der Waals surface area (Å²) in [5, 5.41) is 4.96. The van der Waals surface area contributed by atoms with Gasteiger partial charge in [0.2, 0.25) is 0 Å². The van der Waals surface area contributed by atoms with Gasteiger partial charge in [-0.1, -0.05) is 59.6 Å². The van der Waals surface area contributed by atoms with Crippen molar-refractivity contribution in [1.29, 1.82) is 0 Å². The smallest absolute Gasteiger partial charge is 0.254 e. The predicted molar refractivity (Wildman–Crippen MR) is 160 cm³/mol. The van der Waals surface area contributed by atoms with Gasteiger partial charge in [-0.25, -0.2) is 4.99 Å². The first-order valence-corrected chi connectivity index (χ1v) is 14.3. The lowest BCUT2D eigenvalue weighted by molar-refractivity contribution is 0.0951. The summed E-state index contributed by atoms with van der Waals surface area (Å²) < 4.78 is 11.5. The van der Waals surface area contributed by atoms with Crippen molar-refractivity contribution >= 4 is 51.7 Å². The Morgan fingerprint density at radius 2 is 1.85 bits per heavy atom. The molecule has 0 saturated carbocycles. The number of fused-ring (bicyclic) bond motifs is 1. The average molecular weight is 580 g/mol. The second-order valence-corrected chi connectivity index (χ2v) is 11.2. The molecule has 0 atom stereocenters. The minimum Gasteiger partial charge on any atom is -0.493 e. The molecule has 1 aliphatic carbocycles. The summed E-state index contributed by atoms with van der Waals surface area (Å²) in [5.41, 5.74) is 4.58. The highest BCUT2D eigenvalue weighted by Crippen LogP contribution is 2.40. The monoisotopic (exact) mass is 578 g/mol. The summed E-state index contributed by atoms with van der Waals surface area (Å²) in [4.78, 5) is 19.4. The Morgan fingerprint density at radius 1 is 1.03 bits per heavy atom. The second kappa shape index (κ2) is 12.7. The van der Waals surface area contributed by atoms with E-state index in [0.717, 1.165) is 52.9 Å². The predicted octanol–water partition coefficient (Wildman–Crippen LogP) is 8.20. The van der Waals surface area contributed by atoms with E-state index in [9.17, 15) is 4.79 Å². The van der Waals surface area contributed by atoms with Gasteiger partial charge in [0, 0.05) is 33.2 Å². The van der Waals surface area contributed by atoms with E-state index in [1.807, 2.05) is 54.6 Å². The molecule has 0 bridgehead atoms. The van der Waals surface area contributed by atoms with Crippen LogP contribution < -0.4 is 14.8 Å². The Morgan fingerprint density at radius 3 is 2.64 bits per heavy atom. The first kappa shape index (κ1) is 27.3. The van der Waals surface area contributed by atoms with E-state index < -0.39 is 0 Å². The summed E-state index contributed by atoms with van der Waals surface area (Å²) in [7, 11) is 1.60. The Balaban J connectivity index is 1.34. The fraction of sp³-hybridized carbons (Fsp3) is 0.226. The first-order valence-electron chi connectivity index (χ1n) is 12.8. The lowest BCUT2D eigenvalue weighted by atomic mass is 9.95. The molecule has 1 amide bonds. The summed E-state index contributed by atoms with van der Waals surface area (Å²) in [6, 6.07) is 20.9. The number of hydrogen-bond acceptors (Lipinski definition) is 5. The topological polar surface area (TPSA) is 59.9 Å². The number of methoxy groups -OCH3 is 1. The van der Waals surface area contributed by atoms with Gasteiger partial charge in [0.15, 0.2) is 11.5 Å². The van der Waals surface area contributed by atoms with Gasteiger partial charge in [-0.15, -0.1) is 11.3 Å². The summed E-state index contributed by atoms with van der Waals surface area (Å²) in [6.45, 7) is 0.759. The number of ether oxygens (including phenoxy) is 2. The second-order valence-electron chi connectivity index (χ2n) is 9.25.